The first-order valence-corrected chi connectivity index (χ1v) is 11.9. The number of fused-ring (bicyclic) bond motifs is 1. The molecule has 2 aliphatic rings. The molecule has 4 rings (SSSR count). The fourth-order valence-electron chi connectivity index (χ4n) is 4.09. The summed E-state index contributed by atoms with van der Waals surface area (Å²) in [6.07, 6.45) is 5.11. The average Bonchev–Trinajstić information content (AvgIpc) is 3.30. The van der Waals surface area contributed by atoms with E-state index in [4.69, 9.17) is 0 Å². The number of unbranched alkanes of at least 4 members (excludes halogenated alkanes) is 1. The monoisotopic (exact) mass is 423 g/mol. The van der Waals surface area contributed by atoms with Crippen molar-refractivity contribution in [1.29, 1.82) is 0 Å². The summed E-state index contributed by atoms with van der Waals surface area (Å²) in [6, 6.07) is 15.2. The molecule has 30 heavy (non-hydrogen) atoms. The molecule has 2 amide bonds. The van der Waals surface area contributed by atoms with Gasteiger partial charge in [0.1, 0.15) is 0 Å². The number of anilines is 2. The Morgan fingerprint density at radius 1 is 0.967 bits per heavy atom. The minimum atomic E-state index is 0.00235. The fourth-order valence-corrected chi connectivity index (χ4v) is 5.07. The Hall–Kier alpha value is -2.31. The van der Waals surface area contributed by atoms with E-state index in [1.807, 2.05) is 53.4 Å². The molecule has 0 atom stereocenters. The van der Waals surface area contributed by atoms with Crippen LogP contribution < -0.4 is 10.2 Å². The Morgan fingerprint density at radius 3 is 2.57 bits per heavy atom. The highest BCUT2D eigenvalue weighted by Gasteiger charge is 2.24. The van der Waals surface area contributed by atoms with E-state index in [0.29, 0.717) is 18.5 Å². The molecule has 2 aromatic carbocycles. The molecule has 158 valence electrons. The third-order valence-electron chi connectivity index (χ3n) is 5.70. The van der Waals surface area contributed by atoms with Crippen LogP contribution in [0.25, 0.3) is 0 Å². The molecular weight excluding hydrogens is 394 g/mol. The molecule has 0 spiro atoms. The zero-order valence-electron chi connectivity index (χ0n) is 17.3. The number of likely N-dealkylation sites (tertiary alicyclic amines) is 1. The highest BCUT2D eigenvalue weighted by Crippen LogP contribution is 2.37. The number of carbonyl (C=O) groups excluding carboxylic acids is 2. The van der Waals surface area contributed by atoms with Gasteiger partial charge in [-0.25, -0.2) is 0 Å². The molecule has 1 fully saturated rings. The quantitative estimate of drug-likeness (QED) is 0.659. The van der Waals surface area contributed by atoms with Gasteiger partial charge in [0, 0.05) is 34.9 Å². The molecule has 2 aliphatic heterocycles. The van der Waals surface area contributed by atoms with Crippen LogP contribution in [0.15, 0.2) is 53.4 Å². The normalized spacial score (nSPS) is 16.3. The molecule has 0 bridgehead atoms. The topological polar surface area (TPSA) is 52.7 Å². The lowest BCUT2D eigenvalue weighted by molar-refractivity contribution is -0.116. The van der Waals surface area contributed by atoms with Gasteiger partial charge in [-0.05, 0) is 75.6 Å². The number of carbonyl (C=O) groups is 2. The summed E-state index contributed by atoms with van der Waals surface area (Å²) in [5.41, 5.74) is 2.32. The van der Waals surface area contributed by atoms with Crippen molar-refractivity contribution < 1.29 is 9.59 Å². The molecule has 2 aromatic rings. The van der Waals surface area contributed by atoms with Crippen LogP contribution in [0.2, 0.25) is 0 Å². The van der Waals surface area contributed by atoms with E-state index in [1.165, 1.54) is 25.9 Å². The summed E-state index contributed by atoms with van der Waals surface area (Å²) in [7, 11) is 0. The van der Waals surface area contributed by atoms with Gasteiger partial charge in [-0.3, -0.25) is 9.59 Å². The first-order chi connectivity index (χ1) is 14.7. The summed E-state index contributed by atoms with van der Waals surface area (Å²) < 4.78 is 0. The molecule has 1 N–H and O–H groups in total. The van der Waals surface area contributed by atoms with Gasteiger partial charge in [-0.2, -0.15) is 0 Å². The van der Waals surface area contributed by atoms with Crippen LogP contribution in [-0.2, 0) is 4.79 Å². The molecule has 5 nitrogen and oxygen atoms in total. The van der Waals surface area contributed by atoms with E-state index >= 15 is 0 Å². The minimum Gasteiger partial charge on any atom is -0.326 e. The van der Waals surface area contributed by atoms with E-state index in [0.717, 1.165) is 41.4 Å². The number of nitrogens with one attached hydrogen (secondary N) is 1. The average molecular weight is 424 g/mol. The lowest BCUT2D eigenvalue weighted by Crippen LogP contribution is -2.35. The van der Waals surface area contributed by atoms with E-state index in [2.05, 4.69) is 10.2 Å². The summed E-state index contributed by atoms with van der Waals surface area (Å²) >= 11 is 1.75. The van der Waals surface area contributed by atoms with Crippen LogP contribution in [0.1, 0.15) is 42.5 Å². The lowest BCUT2D eigenvalue weighted by Gasteiger charge is -2.29. The number of hydrogen-bond acceptors (Lipinski definition) is 4. The largest absolute Gasteiger partial charge is 0.326 e. The Kier molecular flexibility index (Phi) is 7.07. The second-order valence-corrected chi connectivity index (χ2v) is 9.04. The lowest BCUT2D eigenvalue weighted by atomic mass is 10.1. The SMILES string of the molecule is O=C(CCCCN1CCCC1)Nc1ccc2c(c1)N(C(=O)c1ccccc1)CCS2. The van der Waals surface area contributed by atoms with Crippen molar-refractivity contribution in [3.63, 3.8) is 0 Å². The molecule has 1 saturated heterocycles. The van der Waals surface area contributed by atoms with Gasteiger partial charge in [0.05, 0.1) is 5.69 Å². The molecule has 0 radical (unpaired) electrons. The Balaban J connectivity index is 1.36. The second kappa shape index (κ2) is 10.1. The molecule has 0 saturated carbocycles. The smallest absolute Gasteiger partial charge is 0.258 e. The second-order valence-electron chi connectivity index (χ2n) is 7.91. The van der Waals surface area contributed by atoms with Gasteiger partial charge in [-0.1, -0.05) is 18.2 Å². The van der Waals surface area contributed by atoms with Crippen molar-refractivity contribution in [1.82, 2.24) is 4.90 Å². The Morgan fingerprint density at radius 2 is 1.77 bits per heavy atom. The van der Waals surface area contributed by atoms with Gasteiger partial charge in [0.2, 0.25) is 5.91 Å². The summed E-state index contributed by atoms with van der Waals surface area (Å²) in [5, 5.41) is 3.02. The van der Waals surface area contributed by atoms with Crippen molar-refractivity contribution in [2.75, 3.05) is 42.1 Å². The van der Waals surface area contributed by atoms with Gasteiger partial charge < -0.3 is 15.1 Å². The van der Waals surface area contributed by atoms with Crippen molar-refractivity contribution in [2.24, 2.45) is 0 Å². The summed E-state index contributed by atoms with van der Waals surface area (Å²) in [6.45, 7) is 4.17. The third-order valence-corrected chi connectivity index (χ3v) is 6.74. The standard InChI is InChI=1S/C24H29N3O2S/c28-23(10-4-5-13-26-14-6-7-15-26)25-20-11-12-22-21(18-20)27(16-17-30-22)24(29)19-8-2-1-3-9-19/h1-3,8-9,11-12,18H,4-7,10,13-17H2,(H,25,28). The van der Waals surface area contributed by atoms with Gasteiger partial charge in [0.15, 0.2) is 0 Å². The number of hydrogen-bond donors (Lipinski definition) is 1. The van der Waals surface area contributed by atoms with E-state index in [9.17, 15) is 9.59 Å². The predicted octanol–water partition coefficient (Wildman–Crippen LogP) is 4.64. The molecule has 2 heterocycles. The van der Waals surface area contributed by atoms with E-state index < -0.39 is 0 Å². The molecule has 0 unspecified atom stereocenters. The van der Waals surface area contributed by atoms with E-state index in [1.54, 1.807) is 11.8 Å². The molecule has 6 heteroatoms. The highest BCUT2D eigenvalue weighted by molar-refractivity contribution is 7.99. The molecule has 0 aliphatic carbocycles. The predicted molar refractivity (Wildman–Crippen MR) is 123 cm³/mol. The van der Waals surface area contributed by atoms with Crippen LogP contribution in [-0.4, -0.2) is 48.6 Å². The van der Waals surface area contributed by atoms with Crippen molar-refractivity contribution in [3.05, 3.63) is 54.1 Å². The van der Waals surface area contributed by atoms with Gasteiger partial charge in [0.25, 0.3) is 5.91 Å². The Bertz CT molecular complexity index is 881. The number of nitrogens with zero attached hydrogens (tertiary/aromatic N) is 2. The fraction of sp³-hybridized carbons (Fsp3) is 0.417. The zero-order chi connectivity index (χ0) is 20.8. The van der Waals surface area contributed by atoms with Crippen LogP contribution in [0.4, 0.5) is 11.4 Å². The maximum Gasteiger partial charge on any atom is 0.258 e. The Labute approximate surface area is 182 Å². The number of amides is 2. The highest BCUT2D eigenvalue weighted by atomic mass is 32.2. The number of benzene rings is 2. The van der Waals surface area contributed by atoms with Gasteiger partial charge in [-0.15, -0.1) is 11.8 Å². The maximum absolute atomic E-state index is 13.0. The summed E-state index contributed by atoms with van der Waals surface area (Å²) in [5.74, 6) is 0.914. The summed E-state index contributed by atoms with van der Waals surface area (Å²) in [4.78, 5) is 30.8. The van der Waals surface area contributed by atoms with Crippen LogP contribution >= 0.6 is 11.8 Å². The molecular formula is C24H29N3O2S. The number of thioether (sulfide) groups is 1. The van der Waals surface area contributed by atoms with E-state index in [-0.39, 0.29) is 11.8 Å². The van der Waals surface area contributed by atoms with Crippen LogP contribution in [0.5, 0.6) is 0 Å². The van der Waals surface area contributed by atoms with Crippen molar-refractivity contribution in [3.8, 4) is 0 Å². The van der Waals surface area contributed by atoms with Gasteiger partial charge >= 0.3 is 0 Å². The first kappa shape index (κ1) is 20.9. The van der Waals surface area contributed by atoms with Crippen molar-refractivity contribution >= 4 is 35.0 Å². The molecule has 0 aromatic heterocycles. The van der Waals surface area contributed by atoms with Crippen molar-refractivity contribution in [2.45, 2.75) is 37.0 Å². The number of rotatable bonds is 7. The van der Waals surface area contributed by atoms with Crippen LogP contribution in [0.3, 0.4) is 0 Å². The maximum atomic E-state index is 13.0. The minimum absolute atomic E-state index is 0.00235. The third kappa shape index (κ3) is 5.24. The first-order valence-electron chi connectivity index (χ1n) is 10.9. The van der Waals surface area contributed by atoms with Crippen LogP contribution in [0, 0.1) is 0 Å². The zero-order valence-corrected chi connectivity index (χ0v) is 18.1.